The van der Waals surface area contributed by atoms with E-state index in [-0.39, 0.29) is 31.9 Å². The third kappa shape index (κ3) is 17200. The molecule has 0 aromatic heterocycles. The Balaban J connectivity index is -0.0000000300. The van der Waals surface area contributed by atoms with Gasteiger partial charge >= 0.3 is 0 Å². The van der Waals surface area contributed by atoms with Gasteiger partial charge in [0.15, 0.2) is 0 Å². The quantitative estimate of drug-likeness (QED) is 0.588. The van der Waals surface area contributed by atoms with Crippen molar-refractivity contribution in [3.8, 4) is 0 Å². The van der Waals surface area contributed by atoms with Crippen LogP contribution in [0.3, 0.4) is 0 Å². The van der Waals surface area contributed by atoms with E-state index < -0.39 is 11.9 Å². The minimum Gasteiger partial charge on any atom is -0.481 e. The van der Waals surface area contributed by atoms with E-state index in [1.807, 2.05) is 0 Å². The van der Waals surface area contributed by atoms with Gasteiger partial charge in [0.05, 0.1) is 0 Å². The van der Waals surface area contributed by atoms with Crippen molar-refractivity contribution >= 4 is 24.3 Å². The van der Waals surface area contributed by atoms with Gasteiger partial charge in [-0.25, -0.2) is 0 Å². The Kier molecular flexibility index (Phi) is 35.9. The van der Waals surface area contributed by atoms with Crippen molar-refractivity contribution in [2.45, 2.75) is 13.8 Å². The van der Waals surface area contributed by atoms with Crippen LogP contribution in [-0.2, 0) is 29.1 Å². The predicted molar refractivity (Wildman–Crippen MR) is 33.9 cm³/mol. The Morgan fingerprint density at radius 1 is 1.00 bits per heavy atom. The van der Waals surface area contributed by atoms with E-state index in [9.17, 15) is 0 Å². The normalized spacial score (nSPS) is 5.00. The minimum atomic E-state index is -0.833. The number of carboxylic acids is 2. The second kappa shape index (κ2) is 15.9. The van der Waals surface area contributed by atoms with Crippen molar-refractivity contribution in [1.82, 2.24) is 0 Å². The number of halogens is 1. The number of rotatable bonds is 0. The van der Waals surface area contributed by atoms with E-state index in [0.29, 0.717) is 0 Å². The summed E-state index contributed by atoms with van der Waals surface area (Å²) in [6.07, 6.45) is 0. The Morgan fingerprint density at radius 3 is 1.00 bits per heavy atom. The minimum absolute atomic E-state index is 0. The van der Waals surface area contributed by atoms with Gasteiger partial charge in [-0.05, 0) is 0 Å². The number of carboxylic acid groups (broad SMARTS) is 2. The van der Waals surface area contributed by atoms with E-state index in [1.54, 1.807) is 0 Å². The van der Waals surface area contributed by atoms with Gasteiger partial charge in [-0.1, -0.05) is 0 Å². The molecule has 0 rings (SSSR count). The molecule has 0 aliphatic rings. The first-order chi connectivity index (χ1) is 3.46. The first-order valence-electron chi connectivity index (χ1n) is 1.86. The molecule has 2 N–H and O–H groups in total. The van der Waals surface area contributed by atoms with E-state index >= 15 is 0 Å². The number of aliphatic carboxylic acids is 2. The SMILES string of the molecule is CC(=O)O.CC(=O)O.Cl.[Zn]. The van der Waals surface area contributed by atoms with E-state index in [1.165, 1.54) is 0 Å². The zero-order valence-corrected chi connectivity index (χ0v) is 9.61. The molecule has 0 saturated carbocycles. The molecule has 0 aromatic rings. The van der Waals surface area contributed by atoms with Gasteiger partial charge in [0, 0.05) is 33.3 Å². The Bertz CT molecular complexity index is 75.3. The van der Waals surface area contributed by atoms with Crippen molar-refractivity contribution in [2.24, 2.45) is 0 Å². The summed E-state index contributed by atoms with van der Waals surface area (Å²) in [5.41, 5.74) is 0. The van der Waals surface area contributed by atoms with Crippen LogP contribution in [0.15, 0.2) is 0 Å². The monoisotopic (exact) mass is 220 g/mol. The van der Waals surface area contributed by atoms with Crippen LogP contribution in [0.4, 0.5) is 0 Å². The molecule has 0 amide bonds. The molecule has 6 heteroatoms. The van der Waals surface area contributed by atoms with Gasteiger partial charge in [0.25, 0.3) is 11.9 Å². The molecule has 0 spiro atoms. The Morgan fingerprint density at radius 2 is 1.00 bits per heavy atom. The maximum absolute atomic E-state index is 9.00. The average Bonchev–Trinajstić information content (AvgIpc) is 1.25. The molecule has 10 heavy (non-hydrogen) atoms. The number of hydrogen-bond donors (Lipinski definition) is 2. The van der Waals surface area contributed by atoms with Crippen molar-refractivity contribution in [3.63, 3.8) is 0 Å². The maximum atomic E-state index is 9.00. The van der Waals surface area contributed by atoms with Crippen LogP contribution in [0, 0.1) is 0 Å². The van der Waals surface area contributed by atoms with Crippen LogP contribution >= 0.6 is 12.4 Å². The fourth-order valence-corrected chi connectivity index (χ4v) is 0. The molecule has 0 fully saturated rings. The maximum Gasteiger partial charge on any atom is 0.300 e. The van der Waals surface area contributed by atoms with Crippen LogP contribution in [0.1, 0.15) is 13.8 Å². The van der Waals surface area contributed by atoms with Gasteiger partial charge in [0.2, 0.25) is 0 Å². The summed E-state index contributed by atoms with van der Waals surface area (Å²) in [5, 5.41) is 14.8. The fourth-order valence-electron chi connectivity index (χ4n) is 0. The fraction of sp³-hybridized carbons (Fsp3) is 0.500. The molecule has 0 heterocycles. The number of hydrogen-bond acceptors (Lipinski definition) is 2. The topological polar surface area (TPSA) is 74.6 Å². The zero-order valence-electron chi connectivity index (χ0n) is 5.83. The summed E-state index contributed by atoms with van der Waals surface area (Å²) in [5.74, 6) is -1.67. The summed E-state index contributed by atoms with van der Waals surface area (Å²) >= 11 is 0. The largest absolute Gasteiger partial charge is 0.481 e. The van der Waals surface area contributed by atoms with Gasteiger partial charge in [-0.15, -0.1) is 12.4 Å². The average molecular weight is 222 g/mol. The molecule has 0 atom stereocenters. The molecule has 0 radical (unpaired) electrons. The van der Waals surface area contributed by atoms with E-state index in [0.717, 1.165) is 13.8 Å². The third-order valence-electron chi connectivity index (χ3n) is 0. The standard InChI is InChI=1S/2C2H4O2.ClH.Zn/c2*1-2(3)4;;/h2*1H3,(H,3,4);1H;. The molecule has 0 aliphatic carbocycles. The van der Waals surface area contributed by atoms with Crippen molar-refractivity contribution in [1.29, 1.82) is 0 Å². The third-order valence-corrected chi connectivity index (χ3v) is 0. The summed E-state index contributed by atoms with van der Waals surface area (Å²) in [7, 11) is 0. The molecule has 0 saturated heterocycles. The van der Waals surface area contributed by atoms with Crippen molar-refractivity contribution in [2.75, 3.05) is 0 Å². The van der Waals surface area contributed by atoms with Gasteiger partial charge in [-0.3, -0.25) is 9.59 Å². The van der Waals surface area contributed by atoms with Gasteiger partial charge in [0.1, 0.15) is 0 Å². The van der Waals surface area contributed by atoms with Gasteiger partial charge in [-0.2, -0.15) is 0 Å². The second-order valence-electron chi connectivity index (χ2n) is 1.04. The molecule has 4 nitrogen and oxygen atoms in total. The molecule has 0 aliphatic heterocycles. The smallest absolute Gasteiger partial charge is 0.300 e. The van der Waals surface area contributed by atoms with Crippen molar-refractivity contribution < 1.29 is 39.3 Å². The summed E-state index contributed by atoms with van der Waals surface area (Å²) in [6.45, 7) is 2.17. The Hall–Kier alpha value is -0.147. The molecular formula is C4H9ClO4Zn. The van der Waals surface area contributed by atoms with Crippen molar-refractivity contribution in [3.05, 3.63) is 0 Å². The summed E-state index contributed by atoms with van der Waals surface area (Å²) in [4.78, 5) is 18.0. The predicted octanol–water partition coefficient (Wildman–Crippen LogP) is 0.601. The Labute approximate surface area is 77.8 Å². The van der Waals surface area contributed by atoms with Crippen LogP contribution < -0.4 is 0 Å². The van der Waals surface area contributed by atoms with E-state index in [4.69, 9.17) is 19.8 Å². The van der Waals surface area contributed by atoms with E-state index in [2.05, 4.69) is 0 Å². The summed E-state index contributed by atoms with van der Waals surface area (Å²) < 4.78 is 0. The molecule has 58 valence electrons. The van der Waals surface area contributed by atoms with Crippen LogP contribution in [0.5, 0.6) is 0 Å². The number of carbonyl (C=O) groups is 2. The molecular weight excluding hydrogens is 213 g/mol. The van der Waals surface area contributed by atoms with Crippen LogP contribution in [-0.4, -0.2) is 22.2 Å². The first-order valence-corrected chi connectivity index (χ1v) is 1.86. The second-order valence-corrected chi connectivity index (χ2v) is 1.04. The molecule has 0 unspecified atom stereocenters. The zero-order chi connectivity index (χ0) is 7.15. The van der Waals surface area contributed by atoms with Crippen LogP contribution in [0.25, 0.3) is 0 Å². The first kappa shape index (κ1) is 22.5. The summed E-state index contributed by atoms with van der Waals surface area (Å²) in [6, 6.07) is 0. The van der Waals surface area contributed by atoms with Gasteiger partial charge < -0.3 is 10.2 Å². The van der Waals surface area contributed by atoms with Crippen LogP contribution in [0.2, 0.25) is 0 Å². The molecule has 0 aromatic carbocycles. The molecule has 0 bridgehead atoms.